The van der Waals surface area contributed by atoms with Gasteiger partial charge in [-0.1, -0.05) is 11.6 Å². The Morgan fingerprint density at radius 3 is 2.89 bits per heavy atom. The molecule has 3 aromatic rings. The van der Waals surface area contributed by atoms with Crippen molar-refractivity contribution < 1.29 is 5.11 Å². The lowest BCUT2D eigenvalue weighted by Crippen LogP contribution is -2.06. The smallest absolute Gasteiger partial charge is 0.118 e. The van der Waals surface area contributed by atoms with E-state index in [0.717, 1.165) is 11.6 Å². The standard InChI is InChI=1S/C15H17N3O/c1-11-3-4-13-12(9-11)10-15(17(13)2)18-7-6-16-14(18)5-8-19/h3-4,6-7,9-10,19H,5,8H2,1-2H3. The first-order valence-electron chi connectivity index (χ1n) is 6.40. The van der Waals surface area contributed by atoms with Crippen molar-refractivity contribution in [1.29, 1.82) is 0 Å². The maximum Gasteiger partial charge on any atom is 0.118 e. The Hall–Kier alpha value is -2.07. The van der Waals surface area contributed by atoms with E-state index in [-0.39, 0.29) is 6.61 Å². The van der Waals surface area contributed by atoms with Gasteiger partial charge in [-0.15, -0.1) is 0 Å². The van der Waals surface area contributed by atoms with Crippen LogP contribution in [0.2, 0.25) is 0 Å². The number of aliphatic hydroxyl groups is 1. The minimum Gasteiger partial charge on any atom is -0.396 e. The van der Waals surface area contributed by atoms with E-state index in [0.29, 0.717) is 6.42 Å². The largest absolute Gasteiger partial charge is 0.396 e. The van der Waals surface area contributed by atoms with Crippen LogP contribution >= 0.6 is 0 Å². The van der Waals surface area contributed by atoms with Crippen LogP contribution in [-0.4, -0.2) is 25.8 Å². The third-order valence-electron chi connectivity index (χ3n) is 3.47. The van der Waals surface area contributed by atoms with E-state index in [1.807, 2.05) is 10.8 Å². The molecule has 1 N–H and O–H groups in total. The third-order valence-corrected chi connectivity index (χ3v) is 3.47. The normalized spacial score (nSPS) is 11.3. The van der Waals surface area contributed by atoms with Gasteiger partial charge < -0.3 is 9.67 Å². The Bertz CT molecular complexity index is 724. The van der Waals surface area contributed by atoms with Crippen LogP contribution in [0.1, 0.15) is 11.4 Å². The summed E-state index contributed by atoms with van der Waals surface area (Å²) in [6.45, 7) is 2.21. The molecule has 0 radical (unpaired) electrons. The summed E-state index contributed by atoms with van der Waals surface area (Å²) >= 11 is 0. The maximum absolute atomic E-state index is 9.09. The van der Waals surface area contributed by atoms with Gasteiger partial charge in [0.2, 0.25) is 0 Å². The Morgan fingerprint density at radius 2 is 2.11 bits per heavy atom. The first kappa shape index (κ1) is 12.0. The Kier molecular flexibility index (Phi) is 2.87. The molecule has 0 saturated carbocycles. The van der Waals surface area contributed by atoms with Crippen LogP contribution in [-0.2, 0) is 13.5 Å². The highest BCUT2D eigenvalue weighted by atomic mass is 16.3. The maximum atomic E-state index is 9.09. The zero-order chi connectivity index (χ0) is 13.4. The number of hydrogen-bond acceptors (Lipinski definition) is 2. The van der Waals surface area contributed by atoms with Crippen molar-refractivity contribution in [1.82, 2.24) is 14.1 Å². The fraction of sp³-hybridized carbons (Fsp3) is 0.267. The van der Waals surface area contributed by atoms with E-state index in [4.69, 9.17) is 5.11 Å². The summed E-state index contributed by atoms with van der Waals surface area (Å²) < 4.78 is 4.18. The van der Waals surface area contributed by atoms with E-state index >= 15 is 0 Å². The van der Waals surface area contributed by atoms with Gasteiger partial charge in [-0.3, -0.25) is 4.57 Å². The van der Waals surface area contributed by atoms with Crippen molar-refractivity contribution in [2.24, 2.45) is 7.05 Å². The van der Waals surface area contributed by atoms with Gasteiger partial charge in [-0.2, -0.15) is 0 Å². The average Bonchev–Trinajstić information content (AvgIpc) is 2.95. The first-order chi connectivity index (χ1) is 9.20. The topological polar surface area (TPSA) is 43.0 Å². The van der Waals surface area contributed by atoms with Gasteiger partial charge >= 0.3 is 0 Å². The number of aliphatic hydroxyl groups excluding tert-OH is 1. The highest BCUT2D eigenvalue weighted by Gasteiger charge is 2.10. The zero-order valence-corrected chi connectivity index (χ0v) is 11.2. The highest BCUT2D eigenvalue weighted by Crippen LogP contribution is 2.23. The second-order valence-corrected chi connectivity index (χ2v) is 4.81. The van der Waals surface area contributed by atoms with Crippen LogP contribution in [0.3, 0.4) is 0 Å². The van der Waals surface area contributed by atoms with Gasteiger partial charge in [0.25, 0.3) is 0 Å². The van der Waals surface area contributed by atoms with Crippen molar-refractivity contribution in [3.8, 4) is 5.82 Å². The number of hydrogen-bond donors (Lipinski definition) is 1. The van der Waals surface area contributed by atoms with E-state index in [1.165, 1.54) is 16.5 Å². The molecule has 19 heavy (non-hydrogen) atoms. The highest BCUT2D eigenvalue weighted by molar-refractivity contribution is 5.83. The number of fused-ring (bicyclic) bond motifs is 1. The zero-order valence-electron chi connectivity index (χ0n) is 11.2. The van der Waals surface area contributed by atoms with Crippen LogP contribution in [0.15, 0.2) is 36.7 Å². The SMILES string of the molecule is Cc1ccc2c(c1)cc(-n1ccnc1CCO)n2C. The second-order valence-electron chi connectivity index (χ2n) is 4.81. The number of aryl methyl sites for hydroxylation is 2. The molecule has 0 bridgehead atoms. The average molecular weight is 255 g/mol. The molecule has 2 heterocycles. The van der Waals surface area contributed by atoms with E-state index in [2.05, 4.69) is 47.8 Å². The predicted octanol–water partition coefficient (Wildman–Crippen LogP) is 2.21. The summed E-state index contributed by atoms with van der Waals surface area (Å²) in [6.07, 6.45) is 4.27. The quantitative estimate of drug-likeness (QED) is 0.779. The summed E-state index contributed by atoms with van der Waals surface area (Å²) in [7, 11) is 2.05. The summed E-state index contributed by atoms with van der Waals surface area (Å²) in [5, 5.41) is 10.3. The lowest BCUT2D eigenvalue weighted by Gasteiger charge is -2.08. The number of imidazole rings is 1. The fourth-order valence-electron chi connectivity index (χ4n) is 2.51. The van der Waals surface area contributed by atoms with Crippen LogP contribution < -0.4 is 0 Å². The Labute approximate surface area is 111 Å². The van der Waals surface area contributed by atoms with Gasteiger partial charge in [0.05, 0.1) is 6.61 Å². The van der Waals surface area contributed by atoms with Gasteiger partial charge in [0.1, 0.15) is 11.6 Å². The molecule has 1 aromatic carbocycles. The molecule has 0 spiro atoms. The first-order valence-corrected chi connectivity index (χ1v) is 6.40. The predicted molar refractivity (Wildman–Crippen MR) is 75.6 cm³/mol. The van der Waals surface area contributed by atoms with E-state index in [9.17, 15) is 0 Å². The molecule has 0 amide bonds. The summed E-state index contributed by atoms with van der Waals surface area (Å²) in [5.41, 5.74) is 2.45. The van der Waals surface area contributed by atoms with Crippen LogP contribution in [0.4, 0.5) is 0 Å². The molecule has 4 nitrogen and oxygen atoms in total. The van der Waals surface area contributed by atoms with Crippen molar-refractivity contribution >= 4 is 10.9 Å². The van der Waals surface area contributed by atoms with Crippen LogP contribution in [0.5, 0.6) is 0 Å². The van der Waals surface area contributed by atoms with E-state index < -0.39 is 0 Å². The number of nitrogens with zero attached hydrogens (tertiary/aromatic N) is 3. The summed E-state index contributed by atoms with van der Waals surface area (Å²) in [4.78, 5) is 4.30. The summed E-state index contributed by atoms with van der Waals surface area (Å²) in [6, 6.07) is 8.60. The monoisotopic (exact) mass is 255 g/mol. The molecule has 98 valence electrons. The van der Waals surface area contributed by atoms with Gasteiger partial charge in [-0.05, 0) is 25.1 Å². The van der Waals surface area contributed by atoms with Crippen molar-refractivity contribution in [2.45, 2.75) is 13.3 Å². The second kappa shape index (κ2) is 4.55. The van der Waals surface area contributed by atoms with Crippen LogP contribution in [0, 0.1) is 6.92 Å². The molecule has 0 atom stereocenters. The summed E-state index contributed by atoms with van der Waals surface area (Å²) in [5.74, 6) is 1.95. The molecule has 2 aromatic heterocycles. The van der Waals surface area contributed by atoms with Gasteiger partial charge in [0, 0.05) is 36.8 Å². The molecule has 0 aliphatic carbocycles. The number of benzene rings is 1. The minimum absolute atomic E-state index is 0.111. The van der Waals surface area contributed by atoms with Gasteiger partial charge in [-0.25, -0.2) is 4.98 Å². The number of aromatic nitrogens is 3. The van der Waals surface area contributed by atoms with Crippen molar-refractivity contribution in [3.05, 3.63) is 48.0 Å². The molecular formula is C15H17N3O. The molecule has 3 rings (SSSR count). The van der Waals surface area contributed by atoms with E-state index in [1.54, 1.807) is 6.20 Å². The van der Waals surface area contributed by atoms with Gasteiger partial charge in [0.15, 0.2) is 0 Å². The molecule has 0 aliphatic heterocycles. The number of rotatable bonds is 3. The molecule has 0 saturated heterocycles. The molecule has 0 fully saturated rings. The molecular weight excluding hydrogens is 238 g/mol. The molecule has 0 aliphatic rings. The lowest BCUT2D eigenvalue weighted by molar-refractivity contribution is 0.296. The van der Waals surface area contributed by atoms with Crippen LogP contribution in [0.25, 0.3) is 16.7 Å². The Morgan fingerprint density at radius 1 is 1.26 bits per heavy atom. The Balaban J connectivity index is 2.19. The fourth-order valence-corrected chi connectivity index (χ4v) is 2.51. The molecule has 0 unspecified atom stereocenters. The van der Waals surface area contributed by atoms with Crippen molar-refractivity contribution in [3.63, 3.8) is 0 Å². The minimum atomic E-state index is 0.111. The molecule has 4 heteroatoms. The third kappa shape index (κ3) is 1.94. The lowest BCUT2D eigenvalue weighted by atomic mass is 10.2. The van der Waals surface area contributed by atoms with Crippen molar-refractivity contribution in [2.75, 3.05) is 6.61 Å².